The number of thiophene rings is 1. The van der Waals surface area contributed by atoms with Crippen LogP contribution < -0.4 is 0 Å². The van der Waals surface area contributed by atoms with E-state index in [1.54, 1.807) is 17.5 Å². The number of fused-ring (bicyclic) bond motifs is 1. The minimum Gasteiger partial charge on any atom is -0.332 e. The molecule has 0 unspecified atom stereocenters. The number of nitrogens with zero attached hydrogens (tertiary/aromatic N) is 2. The molecule has 86 valence electrons. The molecule has 3 nitrogen and oxygen atoms in total. The van der Waals surface area contributed by atoms with E-state index in [4.69, 9.17) is 0 Å². The molecule has 1 aliphatic heterocycles. The normalized spacial score (nSPS) is 14.8. The molecule has 0 N–H and O–H groups in total. The summed E-state index contributed by atoms with van der Waals surface area (Å²) in [5.41, 5.74) is 1.82. The Balaban J connectivity index is 1.81. The minimum atomic E-state index is 0.137. The van der Waals surface area contributed by atoms with E-state index in [2.05, 4.69) is 4.98 Å². The second kappa shape index (κ2) is 4.30. The highest BCUT2D eigenvalue weighted by Gasteiger charge is 2.25. The number of hydrogen-bond donors (Lipinski definition) is 0. The van der Waals surface area contributed by atoms with Crippen molar-refractivity contribution in [3.8, 4) is 0 Å². The molecule has 4 heteroatoms. The monoisotopic (exact) mass is 244 g/mol. The van der Waals surface area contributed by atoms with Gasteiger partial charge in [0.1, 0.15) is 0 Å². The van der Waals surface area contributed by atoms with Crippen LogP contribution in [0.15, 0.2) is 35.8 Å². The highest BCUT2D eigenvalue weighted by atomic mass is 32.1. The Morgan fingerprint density at radius 3 is 3.12 bits per heavy atom. The van der Waals surface area contributed by atoms with Gasteiger partial charge >= 0.3 is 0 Å². The fourth-order valence-corrected chi connectivity index (χ4v) is 2.93. The molecule has 3 heterocycles. The summed E-state index contributed by atoms with van der Waals surface area (Å²) in [5.74, 6) is 0.137. The molecule has 0 spiro atoms. The number of pyridine rings is 1. The summed E-state index contributed by atoms with van der Waals surface area (Å²) < 4.78 is 0. The van der Waals surface area contributed by atoms with Crippen LogP contribution in [0.3, 0.4) is 0 Å². The molecule has 2 aromatic heterocycles. The van der Waals surface area contributed by atoms with Crippen LogP contribution in [-0.4, -0.2) is 22.3 Å². The summed E-state index contributed by atoms with van der Waals surface area (Å²) in [6.07, 6.45) is 2.73. The van der Waals surface area contributed by atoms with Crippen LogP contribution >= 0.6 is 11.3 Å². The zero-order chi connectivity index (χ0) is 11.7. The summed E-state index contributed by atoms with van der Waals surface area (Å²) in [5, 5.41) is 1.99. The average molecular weight is 244 g/mol. The number of carbonyl (C=O) groups excluding carboxylic acids is 1. The van der Waals surface area contributed by atoms with Crippen LogP contribution in [0.5, 0.6) is 0 Å². The van der Waals surface area contributed by atoms with Crippen molar-refractivity contribution in [1.29, 1.82) is 0 Å². The van der Waals surface area contributed by atoms with E-state index in [0.29, 0.717) is 6.54 Å². The van der Waals surface area contributed by atoms with Crippen molar-refractivity contribution in [2.75, 3.05) is 6.54 Å². The Morgan fingerprint density at radius 1 is 1.35 bits per heavy atom. The average Bonchev–Trinajstić information content (AvgIpc) is 2.83. The molecule has 0 fully saturated rings. The maximum absolute atomic E-state index is 12.2. The molecule has 1 amide bonds. The topological polar surface area (TPSA) is 33.2 Å². The van der Waals surface area contributed by atoms with Crippen molar-refractivity contribution in [3.05, 3.63) is 52.0 Å². The first-order valence-electron chi connectivity index (χ1n) is 5.60. The van der Waals surface area contributed by atoms with Gasteiger partial charge in [-0.25, -0.2) is 0 Å². The third-order valence-corrected chi connectivity index (χ3v) is 3.93. The standard InChI is InChI=1S/C13H12N2OS/c16-13-11-5-8-17-12(11)4-7-15(13)9-10-3-1-2-6-14-10/h1-3,5-6,8H,4,7,9H2. The molecule has 0 aromatic carbocycles. The van der Waals surface area contributed by atoms with Gasteiger partial charge in [-0.15, -0.1) is 11.3 Å². The lowest BCUT2D eigenvalue weighted by Gasteiger charge is -2.26. The van der Waals surface area contributed by atoms with Crippen molar-refractivity contribution >= 4 is 17.2 Å². The summed E-state index contributed by atoms with van der Waals surface area (Å²) in [6, 6.07) is 7.72. The maximum atomic E-state index is 12.2. The lowest BCUT2D eigenvalue weighted by Crippen LogP contribution is -2.36. The molecule has 0 radical (unpaired) electrons. The maximum Gasteiger partial charge on any atom is 0.255 e. The molecular formula is C13H12N2OS. The molecular weight excluding hydrogens is 232 g/mol. The number of rotatable bonds is 2. The van der Waals surface area contributed by atoms with E-state index in [1.165, 1.54) is 4.88 Å². The Morgan fingerprint density at radius 2 is 2.29 bits per heavy atom. The minimum absolute atomic E-state index is 0.137. The first-order valence-corrected chi connectivity index (χ1v) is 6.48. The predicted molar refractivity (Wildman–Crippen MR) is 67.0 cm³/mol. The third kappa shape index (κ3) is 1.96. The van der Waals surface area contributed by atoms with Crippen molar-refractivity contribution < 1.29 is 4.79 Å². The van der Waals surface area contributed by atoms with Gasteiger partial charge < -0.3 is 4.90 Å². The smallest absolute Gasteiger partial charge is 0.255 e. The molecule has 0 saturated carbocycles. The van der Waals surface area contributed by atoms with E-state index < -0.39 is 0 Å². The second-order valence-corrected chi connectivity index (χ2v) is 5.06. The van der Waals surface area contributed by atoms with E-state index in [0.717, 1.165) is 24.2 Å². The number of aromatic nitrogens is 1. The fraction of sp³-hybridized carbons (Fsp3) is 0.231. The van der Waals surface area contributed by atoms with Crippen molar-refractivity contribution in [2.45, 2.75) is 13.0 Å². The van der Waals surface area contributed by atoms with Crippen LogP contribution in [-0.2, 0) is 13.0 Å². The fourth-order valence-electron chi connectivity index (χ4n) is 2.07. The van der Waals surface area contributed by atoms with E-state index in [1.807, 2.05) is 34.5 Å². The Hall–Kier alpha value is -1.68. The van der Waals surface area contributed by atoms with Gasteiger partial charge in [0.25, 0.3) is 5.91 Å². The van der Waals surface area contributed by atoms with Gasteiger partial charge in [0.2, 0.25) is 0 Å². The SMILES string of the molecule is O=C1c2ccsc2CCN1Cc1ccccn1. The van der Waals surface area contributed by atoms with Crippen molar-refractivity contribution in [2.24, 2.45) is 0 Å². The van der Waals surface area contributed by atoms with E-state index in [9.17, 15) is 4.79 Å². The summed E-state index contributed by atoms with van der Waals surface area (Å²) in [6.45, 7) is 1.40. The quantitative estimate of drug-likeness (QED) is 0.812. The summed E-state index contributed by atoms with van der Waals surface area (Å²) >= 11 is 1.67. The predicted octanol–water partition coefficient (Wildman–Crippen LogP) is 2.34. The van der Waals surface area contributed by atoms with Crippen molar-refractivity contribution in [3.63, 3.8) is 0 Å². The molecule has 1 aliphatic rings. The van der Waals surface area contributed by atoms with Gasteiger partial charge in [-0.1, -0.05) is 6.07 Å². The van der Waals surface area contributed by atoms with Crippen LogP contribution in [0.1, 0.15) is 20.9 Å². The molecule has 17 heavy (non-hydrogen) atoms. The van der Waals surface area contributed by atoms with Crippen LogP contribution in [0.25, 0.3) is 0 Å². The molecule has 0 bridgehead atoms. The summed E-state index contributed by atoms with van der Waals surface area (Å²) in [7, 11) is 0. The zero-order valence-electron chi connectivity index (χ0n) is 9.30. The van der Waals surface area contributed by atoms with Gasteiger partial charge in [-0.3, -0.25) is 9.78 Å². The van der Waals surface area contributed by atoms with E-state index in [-0.39, 0.29) is 5.91 Å². The van der Waals surface area contributed by atoms with Gasteiger partial charge in [0, 0.05) is 24.0 Å². The third-order valence-electron chi connectivity index (χ3n) is 2.95. The highest BCUT2D eigenvalue weighted by molar-refractivity contribution is 7.10. The van der Waals surface area contributed by atoms with Gasteiger partial charge in [-0.05, 0) is 23.6 Å². The number of carbonyl (C=O) groups is 1. The highest BCUT2D eigenvalue weighted by Crippen LogP contribution is 2.24. The van der Waals surface area contributed by atoms with Crippen LogP contribution in [0.4, 0.5) is 0 Å². The Labute approximate surface area is 104 Å². The molecule has 0 atom stereocenters. The van der Waals surface area contributed by atoms with E-state index >= 15 is 0 Å². The number of amides is 1. The molecule has 3 rings (SSSR count). The molecule has 0 saturated heterocycles. The molecule has 0 aliphatic carbocycles. The number of hydrogen-bond acceptors (Lipinski definition) is 3. The first kappa shape index (κ1) is 10.5. The first-order chi connectivity index (χ1) is 8.34. The van der Waals surface area contributed by atoms with Crippen molar-refractivity contribution in [1.82, 2.24) is 9.88 Å². The Kier molecular flexibility index (Phi) is 2.65. The van der Waals surface area contributed by atoms with Gasteiger partial charge in [0.05, 0.1) is 17.8 Å². The van der Waals surface area contributed by atoms with Gasteiger partial charge in [-0.2, -0.15) is 0 Å². The zero-order valence-corrected chi connectivity index (χ0v) is 10.1. The van der Waals surface area contributed by atoms with Gasteiger partial charge in [0.15, 0.2) is 0 Å². The lowest BCUT2D eigenvalue weighted by molar-refractivity contribution is 0.0727. The Bertz CT molecular complexity index is 535. The van der Waals surface area contributed by atoms with Crippen LogP contribution in [0.2, 0.25) is 0 Å². The second-order valence-electron chi connectivity index (χ2n) is 4.06. The van der Waals surface area contributed by atoms with Crippen LogP contribution in [0, 0.1) is 0 Å². The largest absolute Gasteiger partial charge is 0.332 e. The summed E-state index contributed by atoms with van der Waals surface area (Å²) in [4.78, 5) is 19.5. The lowest BCUT2D eigenvalue weighted by atomic mass is 10.1. The molecule has 2 aromatic rings.